The number of hydrogen-bond donors (Lipinski definition) is 0. The zero-order chi connectivity index (χ0) is 21.9. The first kappa shape index (κ1) is 21.3. The number of aromatic nitrogens is 3. The third-order valence-corrected chi connectivity index (χ3v) is 8.12. The lowest BCUT2D eigenvalue weighted by Gasteiger charge is -2.31. The van der Waals surface area contributed by atoms with E-state index in [0.717, 1.165) is 45.0 Å². The standard InChI is InChI=1S/C25H26N4OS2/c1-2-16-28-24(18-10-4-3-5-11-18)26-27-25(28)31-17-23(30)29-19-12-6-8-14-21(19)32-22-15-9-7-13-20(22)29/h2,6-9,12-15,18H,1,3-5,10-11,16-17H2. The van der Waals surface area contributed by atoms with Gasteiger partial charge in [0.25, 0.3) is 0 Å². The zero-order valence-electron chi connectivity index (χ0n) is 17.9. The fourth-order valence-corrected chi connectivity index (χ4v) is 6.40. The number of benzene rings is 2. The van der Waals surface area contributed by atoms with Crippen molar-refractivity contribution in [3.05, 3.63) is 67.0 Å². The van der Waals surface area contributed by atoms with E-state index < -0.39 is 0 Å². The Morgan fingerprint density at radius 2 is 1.69 bits per heavy atom. The molecule has 1 aliphatic heterocycles. The van der Waals surface area contributed by atoms with Gasteiger partial charge in [0.05, 0.1) is 17.1 Å². The molecule has 5 nitrogen and oxygen atoms in total. The van der Waals surface area contributed by atoms with Gasteiger partial charge in [0.1, 0.15) is 5.82 Å². The second-order valence-corrected chi connectivity index (χ2v) is 10.2. The van der Waals surface area contributed by atoms with Gasteiger partial charge in [-0.3, -0.25) is 9.69 Å². The van der Waals surface area contributed by atoms with Crippen LogP contribution < -0.4 is 4.90 Å². The molecule has 1 saturated carbocycles. The Bertz CT molecular complexity index is 1090. The molecule has 0 spiro atoms. The molecule has 7 heteroatoms. The molecular formula is C25H26N4OS2. The highest BCUT2D eigenvalue weighted by Crippen LogP contribution is 2.48. The molecule has 0 unspecified atom stereocenters. The molecule has 0 saturated heterocycles. The van der Waals surface area contributed by atoms with Gasteiger partial charge >= 0.3 is 0 Å². The normalized spacial score (nSPS) is 15.8. The van der Waals surface area contributed by atoms with Crippen LogP contribution in [0, 0.1) is 0 Å². The summed E-state index contributed by atoms with van der Waals surface area (Å²) in [7, 11) is 0. The van der Waals surface area contributed by atoms with Gasteiger partial charge in [0.2, 0.25) is 5.91 Å². The van der Waals surface area contributed by atoms with E-state index in [-0.39, 0.29) is 5.91 Å². The summed E-state index contributed by atoms with van der Waals surface area (Å²) in [6.07, 6.45) is 8.02. The van der Waals surface area contributed by atoms with Crippen molar-refractivity contribution in [3.63, 3.8) is 0 Å². The molecule has 1 amide bonds. The lowest BCUT2D eigenvalue weighted by molar-refractivity contribution is -0.115. The topological polar surface area (TPSA) is 51.0 Å². The predicted molar refractivity (Wildman–Crippen MR) is 131 cm³/mol. The average Bonchev–Trinajstić information content (AvgIpc) is 3.24. The fraction of sp³-hybridized carbons (Fsp3) is 0.320. The van der Waals surface area contributed by atoms with E-state index in [4.69, 9.17) is 0 Å². The van der Waals surface area contributed by atoms with Crippen LogP contribution in [-0.4, -0.2) is 26.4 Å². The summed E-state index contributed by atoms with van der Waals surface area (Å²) >= 11 is 3.17. The Morgan fingerprint density at radius 1 is 1.03 bits per heavy atom. The maximum atomic E-state index is 13.5. The van der Waals surface area contributed by atoms with E-state index in [9.17, 15) is 4.79 Å². The van der Waals surface area contributed by atoms with Gasteiger partial charge in [-0.25, -0.2) is 0 Å². The van der Waals surface area contributed by atoms with Gasteiger partial charge in [-0.15, -0.1) is 16.8 Å². The number of para-hydroxylation sites is 2. The minimum absolute atomic E-state index is 0.0440. The first-order chi connectivity index (χ1) is 15.8. The molecule has 0 atom stereocenters. The zero-order valence-corrected chi connectivity index (χ0v) is 19.6. The average molecular weight is 463 g/mol. The van der Waals surface area contributed by atoms with Gasteiger partial charge in [-0.2, -0.15) is 0 Å². The van der Waals surface area contributed by atoms with Gasteiger partial charge in [0.15, 0.2) is 5.16 Å². The molecule has 1 fully saturated rings. The fourth-order valence-electron chi connectivity index (χ4n) is 4.53. The van der Waals surface area contributed by atoms with Gasteiger partial charge in [-0.05, 0) is 37.1 Å². The number of amides is 1. The van der Waals surface area contributed by atoms with Crippen LogP contribution in [0.4, 0.5) is 11.4 Å². The predicted octanol–water partition coefficient (Wildman–Crippen LogP) is 6.43. The summed E-state index contributed by atoms with van der Waals surface area (Å²) in [5.41, 5.74) is 1.88. The number of anilines is 2. The number of nitrogens with zero attached hydrogens (tertiary/aromatic N) is 4. The van der Waals surface area contributed by atoms with Crippen LogP contribution in [-0.2, 0) is 11.3 Å². The Morgan fingerprint density at radius 3 is 2.34 bits per heavy atom. The summed E-state index contributed by atoms with van der Waals surface area (Å²) in [6.45, 7) is 4.59. The number of allylic oxidation sites excluding steroid dienone is 1. The Kier molecular flexibility index (Phi) is 6.37. The molecule has 2 aromatic carbocycles. The van der Waals surface area contributed by atoms with Crippen LogP contribution >= 0.6 is 23.5 Å². The Balaban J connectivity index is 1.39. The highest BCUT2D eigenvalue weighted by molar-refractivity contribution is 8.00. The van der Waals surface area contributed by atoms with Crippen LogP contribution in [0.3, 0.4) is 0 Å². The minimum atomic E-state index is 0.0440. The Hall–Kier alpha value is -2.51. The summed E-state index contributed by atoms with van der Waals surface area (Å²) < 4.78 is 2.15. The van der Waals surface area contributed by atoms with Crippen molar-refractivity contribution in [2.75, 3.05) is 10.7 Å². The molecule has 5 rings (SSSR count). The van der Waals surface area contributed by atoms with Crippen molar-refractivity contribution < 1.29 is 4.79 Å². The summed E-state index contributed by atoms with van der Waals surface area (Å²) in [5.74, 6) is 1.85. The number of thioether (sulfide) groups is 1. The van der Waals surface area contributed by atoms with E-state index >= 15 is 0 Å². The number of carbonyl (C=O) groups is 1. The third kappa shape index (κ3) is 4.11. The molecule has 1 aromatic heterocycles. The summed E-state index contributed by atoms with van der Waals surface area (Å²) in [6, 6.07) is 16.2. The largest absolute Gasteiger partial charge is 0.302 e. The van der Waals surface area contributed by atoms with E-state index in [0.29, 0.717) is 18.2 Å². The second-order valence-electron chi connectivity index (χ2n) is 8.13. The third-order valence-electron chi connectivity index (χ3n) is 6.03. The van der Waals surface area contributed by atoms with E-state index in [1.165, 1.54) is 31.0 Å². The second kappa shape index (κ2) is 9.55. The molecule has 32 heavy (non-hydrogen) atoms. The molecule has 2 aliphatic rings. The van der Waals surface area contributed by atoms with Crippen LogP contribution in [0.25, 0.3) is 0 Å². The van der Waals surface area contributed by atoms with Crippen LogP contribution in [0.1, 0.15) is 43.8 Å². The molecule has 2 heterocycles. The molecule has 0 radical (unpaired) electrons. The first-order valence-electron chi connectivity index (χ1n) is 11.1. The molecule has 164 valence electrons. The maximum absolute atomic E-state index is 13.5. The minimum Gasteiger partial charge on any atom is -0.302 e. The SMILES string of the molecule is C=CCn1c(SCC(=O)N2c3ccccc3Sc3ccccc32)nnc1C1CCCCC1. The van der Waals surface area contributed by atoms with Crippen molar-refractivity contribution in [3.8, 4) is 0 Å². The van der Waals surface area contributed by atoms with Crippen LogP contribution in [0.15, 0.2) is 76.1 Å². The molecule has 0 N–H and O–H groups in total. The maximum Gasteiger partial charge on any atom is 0.242 e. The summed E-state index contributed by atoms with van der Waals surface area (Å²) in [5, 5.41) is 9.80. The highest BCUT2D eigenvalue weighted by atomic mass is 32.2. The van der Waals surface area contributed by atoms with Crippen LogP contribution in [0.5, 0.6) is 0 Å². The van der Waals surface area contributed by atoms with Crippen molar-refractivity contribution in [2.45, 2.75) is 59.5 Å². The van der Waals surface area contributed by atoms with E-state index in [2.05, 4.69) is 33.5 Å². The van der Waals surface area contributed by atoms with Gasteiger partial charge < -0.3 is 4.57 Å². The monoisotopic (exact) mass is 462 g/mol. The van der Waals surface area contributed by atoms with Crippen molar-refractivity contribution in [2.24, 2.45) is 0 Å². The lowest BCUT2D eigenvalue weighted by Crippen LogP contribution is -2.30. The number of hydrogen-bond acceptors (Lipinski definition) is 5. The molecular weight excluding hydrogens is 436 g/mol. The number of rotatable bonds is 6. The molecule has 3 aromatic rings. The first-order valence-corrected chi connectivity index (χ1v) is 12.9. The van der Waals surface area contributed by atoms with E-state index in [1.807, 2.05) is 47.4 Å². The number of carbonyl (C=O) groups excluding carboxylic acids is 1. The number of fused-ring (bicyclic) bond motifs is 2. The lowest BCUT2D eigenvalue weighted by atomic mass is 9.89. The molecule has 1 aliphatic carbocycles. The quantitative estimate of drug-likeness (QED) is 0.312. The van der Waals surface area contributed by atoms with Crippen molar-refractivity contribution >= 4 is 40.8 Å². The summed E-state index contributed by atoms with van der Waals surface area (Å²) in [4.78, 5) is 17.5. The van der Waals surface area contributed by atoms with Crippen molar-refractivity contribution in [1.82, 2.24) is 14.8 Å². The van der Waals surface area contributed by atoms with Crippen molar-refractivity contribution in [1.29, 1.82) is 0 Å². The van der Waals surface area contributed by atoms with Gasteiger partial charge in [-0.1, -0.05) is 73.1 Å². The molecule has 0 bridgehead atoms. The Labute approximate surface area is 197 Å². The van der Waals surface area contributed by atoms with Crippen LogP contribution in [0.2, 0.25) is 0 Å². The van der Waals surface area contributed by atoms with Gasteiger partial charge in [0, 0.05) is 22.3 Å². The van der Waals surface area contributed by atoms with E-state index in [1.54, 1.807) is 11.8 Å². The highest BCUT2D eigenvalue weighted by Gasteiger charge is 2.29. The smallest absolute Gasteiger partial charge is 0.242 e.